The molecule has 1 aromatic carbocycles. The Morgan fingerprint density at radius 1 is 1.17 bits per heavy atom. The number of benzene rings is 1. The van der Waals surface area contributed by atoms with E-state index in [-0.39, 0.29) is 11.4 Å². The Bertz CT molecular complexity index is 812. The number of allylic oxidation sites excluding steroid dienone is 1. The molecule has 0 saturated heterocycles. The predicted molar refractivity (Wildman–Crippen MR) is 92.8 cm³/mol. The minimum atomic E-state index is -3.94. The molecule has 0 fully saturated rings. The van der Waals surface area contributed by atoms with E-state index in [4.69, 9.17) is 9.47 Å². The first-order valence-electron chi connectivity index (χ1n) is 7.42. The summed E-state index contributed by atoms with van der Waals surface area (Å²) in [6, 6.07) is 3.32. The number of nitrogens with zero attached hydrogens (tertiary/aromatic N) is 2. The maximum absolute atomic E-state index is 13.0. The van der Waals surface area contributed by atoms with Crippen molar-refractivity contribution in [2.24, 2.45) is 0 Å². The molecule has 0 saturated carbocycles. The highest BCUT2D eigenvalue weighted by molar-refractivity contribution is 7.97. The van der Waals surface area contributed by atoms with E-state index < -0.39 is 15.9 Å². The van der Waals surface area contributed by atoms with Crippen LogP contribution in [0.1, 0.15) is 19.4 Å². The van der Waals surface area contributed by atoms with Gasteiger partial charge in [-0.25, -0.2) is 8.42 Å². The van der Waals surface area contributed by atoms with Gasteiger partial charge in [-0.05, 0) is 25.5 Å². The van der Waals surface area contributed by atoms with E-state index in [9.17, 15) is 13.2 Å². The van der Waals surface area contributed by atoms with Crippen molar-refractivity contribution in [2.45, 2.75) is 13.8 Å². The Hall–Kier alpha value is -2.22. The number of amides is 1. The molecule has 0 spiro atoms. The lowest BCUT2D eigenvalue weighted by Crippen LogP contribution is -2.40. The van der Waals surface area contributed by atoms with Gasteiger partial charge < -0.3 is 14.4 Å². The summed E-state index contributed by atoms with van der Waals surface area (Å²) in [5.74, 6) is 0.356. The predicted octanol–water partition coefficient (Wildman–Crippen LogP) is 1.69. The monoisotopic (exact) mass is 354 g/mol. The molecule has 1 heterocycles. The van der Waals surface area contributed by atoms with E-state index in [0.717, 1.165) is 0 Å². The summed E-state index contributed by atoms with van der Waals surface area (Å²) in [6.07, 6.45) is 0. The number of methoxy groups -OCH3 is 2. The molecule has 8 heteroatoms. The molecule has 1 amide bonds. The first-order valence-corrected chi connectivity index (χ1v) is 8.86. The van der Waals surface area contributed by atoms with Gasteiger partial charge in [-0.2, -0.15) is 0 Å². The number of sulfonamides is 1. The molecular formula is C16H22N2O5S. The van der Waals surface area contributed by atoms with Crippen LogP contribution in [0.15, 0.2) is 17.0 Å². The molecule has 0 radical (unpaired) electrons. The molecule has 0 aromatic heterocycles. The van der Waals surface area contributed by atoms with E-state index in [0.29, 0.717) is 28.3 Å². The van der Waals surface area contributed by atoms with Crippen molar-refractivity contribution in [1.29, 1.82) is 0 Å². The molecule has 1 aliphatic heterocycles. The SMILES string of the molecule is CCN1c2cc(OC)c(OC)cc2C(C)=C(C(=O)N(C)C)S1(=O)=O. The summed E-state index contributed by atoms with van der Waals surface area (Å²) >= 11 is 0. The van der Waals surface area contributed by atoms with Crippen LogP contribution in [-0.4, -0.2) is 54.1 Å². The Morgan fingerprint density at radius 2 is 1.71 bits per heavy atom. The van der Waals surface area contributed by atoms with Crippen molar-refractivity contribution >= 4 is 27.2 Å². The Balaban J connectivity index is 2.88. The fourth-order valence-corrected chi connectivity index (χ4v) is 4.61. The summed E-state index contributed by atoms with van der Waals surface area (Å²) in [4.78, 5) is 13.5. The van der Waals surface area contributed by atoms with Gasteiger partial charge in [-0.1, -0.05) is 0 Å². The fourth-order valence-electron chi connectivity index (χ4n) is 2.74. The maximum Gasteiger partial charge on any atom is 0.270 e. The Kier molecular flexibility index (Phi) is 4.80. The number of rotatable bonds is 4. The largest absolute Gasteiger partial charge is 0.493 e. The van der Waals surface area contributed by atoms with E-state index in [1.54, 1.807) is 26.0 Å². The smallest absolute Gasteiger partial charge is 0.270 e. The number of carbonyl (C=O) groups excluding carboxylic acids is 1. The van der Waals surface area contributed by atoms with Gasteiger partial charge in [0.05, 0.1) is 19.9 Å². The minimum absolute atomic E-state index is 0.197. The van der Waals surface area contributed by atoms with E-state index in [1.165, 1.54) is 37.5 Å². The quantitative estimate of drug-likeness (QED) is 0.822. The molecule has 2 rings (SSSR count). The number of fused-ring (bicyclic) bond motifs is 1. The van der Waals surface area contributed by atoms with Gasteiger partial charge in [0.15, 0.2) is 16.4 Å². The van der Waals surface area contributed by atoms with Gasteiger partial charge in [-0.3, -0.25) is 9.10 Å². The van der Waals surface area contributed by atoms with Crippen LogP contribution in [0.25, 0.3) is 5.57 Å². The summed E-state index contributed by atoms with van der Waals surface area (Å²) in [5, 5.41) is 0. The van der Waals surface area contributed by atoms with Crippen LogP contribution in [0.3, 0.4) is 0 Å². The second-order valence-electron chi connectivity index (χ2n) is 5.55. The molecule has 0 aliphatic carbocycles. The lowest BCUT2D eigenvalue weighted by atomic mass is 10.0. The van der Waals surface area contributed by atoms with Gasteiger partial charge in [0.2, 0.25) is 0 Å². The first kappa shape index (κ1) is 18.1. The molecule has 0 bridgehead atoms. The average Bonchev–Trinajstić information content (AvgIpc) is 2.53. The van der Waals surface area contributed by atoms with Crippen LogP contribution in [0.2, 0.25) is 0 Å². The standard InChI is InChI=1S/C16H22N2O5S/c1-7-18-12-9-14(23-6)13(22-5)8-11(12)10(2)15(24(18,20)21)16(19)17(3)4/h8-9H,7H2,1-6H3. The topological polar surface area (TPSA) is 76.2 Å². The molecule has 7 nitrogen and oxygen atoms in total. The third-order valence-electron chi connectivity index (χ3n) is 3.95. The minimum Gasteiger partial charge on any atom is -0.493 e. The summed E-state index contributed by atoms with van der Waals surface area (Å²) in [6.45, 7) is 3.55. The van der Waals surface area contributed by atoms with Crippen LogP contribution in [0.4, 0.5) is 5.69 Å². The van der Waals surface area contributed by atoms with Gasteiger partial charge in [0, 0.05) is 32.3 Å². The van der Waals surface area contributed by atoms with Gasteiger partial charge in [0.1, 0.15) is 0 Å². The molecule has 1 aromatic rings. The van der Waals surface area contributed by atoms with Crippen molar-refractivity contribution in [3.8, 4) is 11.5 Å². The molecule has 24 heavy (non-hydrogen) atoms. The number of hydrogen-bond acceptors (Lipinski definition) is 5. The molecule has 0 atom stereocenters. The zero-order chi connectivity index (χ0) is 18.2. The zero-order valence-electron chi connectivity index (χ0n) is 14.7. The van der Waals surface area contributed by atoms with Gasteiger partial charge in [0.25, 0.3) is 15.9 Å². The number of anilines is 1. The van der Waals surface area contributed by atoms with Crippen LogP contribution in [-0.2, 0) is 14.8 Å². The molecule has 1 aliphatic rings. The average molecular weight is 354 g/mol. The van der Waals surface area contributed by atoms with Gasteiger partial charge in [-0.15, -0.1) is 0 Å². The van der Waals surface area contributed by atoms with E-state index in [1.807, 2.05) is 0 Å². The number of ether oxygens (including phenoxy) is 2. The van der Waals surface area contributed by atoms with Crippen molar-refractivity contribution in [3.63, 3.8) is 0 Å². The molecule has 132 valence electrons. The lowest BCUT2D eigenvalue weighted by molar-refractivity contribution is -0.123. The normalized spacial score (nSPS) is 15.8. The third kappa shape index (κ3) is 2.60. The summed E-state index contributed by atoms with van der Waals surface area (Å²) in [5.41, 5.74) is 1.51. The highest BCUT2D eigenvalue weighted by Crippen LogP contribution is 2.44. The lowest BCUT2D eigenvalue weighted by Gasteiger charge is -2.33. The van der Waals surface area contributed by atoms with Crippen LogP contribution >= 0.6 is 0 Å². The van der Waals surface area contributed by atoms with Crippen molar-refractivity contribution in [2.75, 3.05) is 39.2 Å². The second-order valence-corrected chi connectivity index (χ2v) is 7.35. The van der Waals surface area contributed by atoms with Crippen LogP contribution in [0.5, 0.6) is 11.5 Å². The molecule has 0 N–H and O–H groups in total. The summed E-state index contributed by atoms with van der Waals surface area (Å²) in [7, 11) is 2.11. The fraction of sp³-hybridized carbons (Fsp3) is 0.438. The van der Waals surface area contributed by atoms with Gasteiger partial charge >= 0.3 is 0 Å². The Morgan fingerprint density at radius 3 is 2.17 bits per heavy atom. The van der Waals surface area contributed by atoms with Crippen LogP contribution < -0.4 is 13.8 Å². The number of carbonyl (C=O) groups is 1. The molecular weight excluding hydrogens is 332 g/mol. The highest BCUT2D eigenvalue weighted by atomic mass is 32.2. The third-order valence-corrected chi connectivity index (χ3v) is 5.98. The first-order chi connectivity index (χ1) is 11.2. The second kappa shape index (κ2) is 6.35. The number of likely N-dealkylation sites (N-methyl/N-ethyl adjacent to an activating group) is 1. The van der Waals surface area contributed by atoms with Crippen molar-refractivity contribution < 1.29 is 22.7 Å². The zero-order valence-corrected chi connectivity index (χ0v) is 15.5. The highest BCUT2D eigenvalue weighted by Gasteiger charge is 2.40. The Labute approximate surface area is 142 Å². The van der Waals surface area contributed by atoms with E-state index in [2.05, 4.69) is 0 Å². The van der Waals surface area contributed by atoms with Crippen molar-refractivity contribution in [1.82, 2.24) is 4.90 Å². The van der Waals surface area contributed by atoms with Crippen molar-refractivity contribution in [3.05, 3.63) is 22.6 Å². The number of hydrogen-bond donors (Lipinski definition) is 0. The summed E-state index contributed by atoms with van der Waals surface area (Å²) < 4.78 is 37.7. The molecule has 0 unspecified atom stereocenters. The van der Waals surface area contributed by atoms with Crippen LogP contribution in [0, 0.1) is 0 Å². The maximum atomic E-state index is 13.0. The van der Waals surface area contributed by atoms with E-state index >= 15 is 0 Å².